The number of sulfonamides is 1. The molecule has 1 heterocycles. The third-order valence-electron chi connectivity index (χ3n) is 4.80. The zero-order valence-electron chi connectivity index (χ0n) is 15.7. The number of nitrogens with zero attached hydrogens (tertiary/aromatic N) is 1. The van der Waals surface area contributed by atoms with E-state index in [9.17, 15) is 13.2 Å². The van der Waals surface area contributed by atoms with Crippen molar-refractivity contribution in [2.75, 3.05) is 19.6 Å². The predicted molar refractivity (Wildman–Crippen MR) is 99.9 cm³/mol. The molecule has 140 valence electrons. The van der Waals surface area contributed by atoms with Gasteiger partial charge in [-0.25, -0.2) is 13.1 Å². The van der Waals surface area contributed by atoms with Gasteiger partial charge in [0.05, 0.1) is 4.90 Å². The Morgan fingerprint density at radius 1 is 1.16 bits per heavy atom. The number of carbonyl (C=O) groups excluding carboxylic acids is 1. The van der Waals surface area contributed by atoms with Crippen molar-refractivity contribution in [3.8, 4) is 0 Å². The molecule has 1 N–H and O–H groups in total. The van der Waals surface area contributed by atoms with Crippen LogP contribution in [0.2, 0.25) is 0 Å². The summed E-state index contributed by atoms with van der Waals surface area (Å²) >= 11 is 0. The Morgan fingerprint density at radius 3 is 2.24 bits per heavy atom. The van der Waals surface area contributed by atoms with E-state index in [1.165, 1.54) is 0 Å². The monoisotopic (exact) mass is 366 g/mol. The minimum Gasteiger partial charge on any atom is -0.343 e. The van der Waals surface area contributed by atoms with Gasteiger partial charge in [0.1, 0.15) is 0 Å². The van der Waals surface area contributed by atoms with Crippen LogP contribution >= 0.6 is 0 Å². The van der Waals surface area contributed by atoms with Gasteiger partial charge in [-0.05, 0) is 41.9 Å². The van der Waals surface area contributed by atoms with Gasteiger partial charge in [-0.1, -0.05) is 39.8 Å². The average Bonchev–Trinajstić information content (AvgIpc) is 2.54. The van der Waals surface area contributed by atoms with Crippen molar-refractivity contribution in [2.45, 2.75) is 57.3 Å². The van der Waals surface area contributed by atoms with E-state index < -0.39 is 10.0 Å². The zero-order chi connectivity index (χ0) is 18.7. The molecule has 1 fully saturated rings. The van der Waals surface area contributed by atoms with Gasteiger partial charge < -0.3 is 4.90 Å². The minimum atomic E-state index is -3.58. The highest BCUT2D eigenvalue weighted by atomic mass is 32.2. The molecule has 0 bridgehead atoms. The summed E-state index contributed by atoms with van der Waals surface area (Å²) in [5.74, 6) is 0.691. The van der Waals surface area contributed by atoms with Crippen molar-refractivity contribution in [1.82, 2.24) is 9.62 Å². The number of carbonyl (C=O) groups is 1. The molecule has 25 heavy (non-hydrogen) atoms. The van der Waals surface area contributed by atoms with Gasteiger partial charge in [0.25, 0.3) is 0 Å². The fourth-order valence-electron chi connectivity index (χ4n) is 2.93. The number of amides is 1. The lowest BCUT2D eigenvalue weighted by atomic mass is 9.87. The lowest BCUT2D eigenvalue weighted by molar-refractivity contribution is -0.132. The number of nitrogens with one attached hydrogen (secondary N) is 1. The predicted octanol–water partition coefficient (Wildman–Crippen LogP) is 2.91. The molecule has 0 radical (unpaired) electrons. The van der Waals surface area contributed by atoms with Crippen LogP contribution in [0.25, 0.3) is 0 Å². The first-order valence-corrected chi connectivity index (χ1v) is 10.5. The number of hydrogen-bond acceptors (Lipinski definition) is 3. The fraction of sp³-hybridized carbons (Fsp3) is 0.632. The molecule has 0 aromatic heterocycles. The average molecular weight is 367 g/mol. The van der Waals surface area contributed by atoms with E-state index in [0.717, 1.165) is 31.5 Å². The lowest BCUT2D eigenvalue weighted by Crippen LogP contribution is -2.39. The van der Waals surface area contributed by atoms with Gasteiger partial charge in [0.15, 0.2) is 0 Å². The Kier molecular flexibility index (Phi) is 6.27. The Balaban J connectivity index is 1.88. The van der Waals surface area contributed by atoms with E-state index in [-0.39, 0.29) is 29.2 Å². The molecule has 0 aliphatic carbocycles. The van der Waals surface area contributed by atoms with E-state index in [1.807, 2.05) is 17.0 Å². The van der Waals surface area contributed by atoms with Crippen molar-refractivity contribution in [3.63, 3.8) is 0 Å². The SMILES string of the molecule is CC1CCN(C(=O)CCNS(=O)(=O)c2ccc(C(C)(C)C)cc2)CC1. The Hall–Kier alpha value is -1.40. The number of rotatable bonds is 5. The molecule has 1 aromatic rings. The quantitative estimate of drug-likeness (QED) is 0.871. The number of hydrogen-bond donors (Lipinski definition) is 1. The van der Waals surface area contributed by atoms with Crippen LogP contribution in [0, 0.1) is 5.92 Å². The zero-order valence-corrected chi connectivity index (χ0v) is 16.5. The molecule has 1 amide bonds. The maximum Gasteiger partial charge on any atom is 0.240 e. The first-order chi connectivity index (χ1) is 11.6. The molecular weight excluding hydrogens is 336 g/mol. The van der Waals surface area contributed by atoms with Crippen LogP contribution in [0.1, 0.15) is 52.5 Å². The molecule has 1 saturated heterocycles. The molecule has 5 nitrogen and oxygen atoms in total. The Labute approximate surface area is 151 Å². The summed E-state index contributed by atoms with van der Waals surface area (Å²) in [6, 6.07) is 6.93. The van der Waals surface area contributed by atoms with Crippen LogP contribution in [-0.2, 0) is 20.2 Å². The standard InChI is InChI=1S/C19H30N2O3S/c1-15-10-13-21(14-11-15)18(22)9-12-20-25(23,24)17-7-5-16(6-8-17)19(2,3)4/h5-8,15,20H,9-14H2,1-4H3. The summed E-state index contributed by atoms with van der Waals surface area (Å²) in [5.41, 5.74) is 1.06. The van der Waals surface area contributed by atoms with Gasteiger partial charge in [0.2, 0.25) is 15.9 Å². The van der Waals surface area contributed by atoms with Gasteiger partial charge in [0, 0.05) is 26.1 Å². The first-order valence-electron chi connectivity index (χ1n) is 8.97. The lowest BCUT2D eigenvalue weighted by Gasteiger charge is -2.30. The molecule has 6 heteroatoms. The third-order valence-corrected chi connectivity index (χ3v) is 6.27. The normalized spacial score (nSPS) is 16.9. The highest BCUT2D eigenvalue weighted by Crippen LogP contribution is 2.23. The van der Waals surface area contributed by atoms with E-state index in [2.05, 4.69) is 32.4 Å². The van der Waals surface area contributed by atoms with Crippen LogP contribution in [0.5, 0.6) is 0 Å². The summed E-state index contributed by atoms with van der Waals surface area (Å²) in [7, 11) is -3.58. The number of benzene rings is 1. The smallest absolute Gasteiger partial charge is 0.240 e. The topological polar surface area (TPSA) is 66.5 Å². The molecule has 2 rings (SSSR count). The van der Waals surface area contributed by atoms with Gasteiger partial charge in [-0.15, -0.1) is 0 Å². The van der Waals surface area contributed by atoms with Crippen molar-refractivity contribution in [2.24, 2.45) is 5.92 Å². The molecule has 0 spiro atoms. The minimum absolute atomic E-state index is 0.0198. The van der Waals surface area contributed by atoms with Gasteiger partial charge >= 0.3 is 0 Å². The van der Waals surface area contributed by atoms with Gasteiger partial charge in [-0.3, -0.25) is 4.79 Å². The van der Waals surface area contributed by atoms with E-state index in [0.29, 0.717) is 5.92 Å². The maximum absolute atomic E-state index is 12.4. The van der Waals surface area contributed by atoms with E-state index >= 15 is 0 Å². The summed E-state index contributed by atoms with van der Waals surface area (Å²) in [5, 5.41) is 0. The second-order valence-electron chi connectivity index (χ2n) is 7.99. The Morgan fingerprint density at radius 2 is 1.72 bits per heavy atom. The number of likely N-dealkylation sites (tertiary alicyclic amines) is 1. The summed E-state index contributed by atoms with van der Waals surface area (Å²) in [6.45, 7) is 10.1. The van der Waals surface area contributed by atoms with Crippen LogP contribution in [-0.4, -0.2) is 38.9 Å². The van der Waals surface area contributed by atoms with Crippen LogP contribution in [0.4, 0.5) is 0 Å². The summed E-state index contributed by atoms with van der Waals surface area (Å²) < 4.78 is 27.3. The fourth-order valence-corrected chi connectivity index (χ4v) is 3.96. The van der Waals surface area contributed by atoms with Crippen molar-refractivity contribution in [3.05, 3.63) is 29.8 Å². The number of piperidine rings is 1. The summed E-state index contributed by atoms with van der Waals surface area (Å²) in [6.07, 6.45) is 2.25. The molecule has 1 aliphatic rings. The van der Waals surface area contributed by atoms with Crippen molar-refractivity contribution >= 4 is 15.9 Å². The van der Waals surface area contributed by atoms with Crippen molar-refractivity contribution in [1.29, 1.82) is 0 Å². The van der Waals surface area contributed by atoms with Crippen LogP contribution < -0.4 is 4.72 Å². The molecular formula is C19H30N2O3S. The second-order valence-corrected chi connectivity index (χ2v) is 9.75. The van der Waals surface area contributed by atoms with Crippen molar-refractivity contribution < 1.29 is 13.2 Å². The Bertz CT molecular complexity index is 682. The van der Waals surface area contributed by atoms with Gasteiger partial charge in [-0.2, -0.15) is 0 Å². The molecule has 0 unspecified atom stereocenters. The molecule has 0 atom stereocenters. The molecule has 0 saturated carbocycles. The summed E-state index contributed by atoms with van der Waals surface area (Å²) in [4.78, 5) is 14.2. The third kappa shape index (κ3) is 5.54. The highest BCUT2D eigenvalue weighted by molar-refractivity contribution is 7.89. The van der Waals surface area contributed by atoms with E-state index in [1.54, 1.807) is 12.1 Å². The molecule has 1 aliphatic heterocycles. The van der Waals surface area contributed by atoms with E-state index in [4.69, 9.17) is 0 Å². The highest BCUT2D eigenvalue weighted by Gasteiger charge is 2.21. The first kappa shape index (κ1) is 19.9. The van der Waals surface area contributed by atoms with Crippen LogP contribution in [0.3, 0.4) is 0 Å². The van der Waals surface area contributed by atoms with Crippen LogP contribution in [0.15, 0.2) is 29.2 Å². The second kappa shape index (κ2) is 7.87. The largest absolute Gasteiger partial charge is 0.343 e. The molecule has 1 aromatic carbocycles. The maximum atomic E-state index is 12.4.